The van der Waals surface area contributed by atoms with Gasteiger partial charge < -0.3 is 0 Å². The molecule has 1 radical (unpaired) electrons. The maximum atomic E-state index is 5.32. The zero-order valence-corrected chi connectivity index (χ0v) is 6.17. The normalized spacial score (nSPS) is 8.88. The molecule has 0 nitrogen and oxygen atoms in total. The van der Waals surface area contributed by atoms with Crippen molar-refractivity contribution in [2.45, 2.75) is 19.3 Å². The van der Waals surface area contributed by atoms with Gasteiger partial charge >= 0.3 is 0 Å². The lowest BCUT2D eigenvalue weighted by Crippen LogP contribution is -1.65. The van der Waals surface area contributed by atoms with E-state index in [-0.39, 0.29) is 0 Å². The fourth-order valence-corrected chi connectivity index (χ4v) is 0.574. The molecule has 0 aromatic rings. The van der Waals surface area contributed by atoms with Crippen molar-refractivity contribution in [2.24, 2.45) is 0 Å². The van der Waals surface area contributed by atoms with E-state index >= 15 is 0 Å². The molecule has 0 atom stereocenters. The third-order valence-electron chi connectivity index (χ3n) is 0.753. The number of rotatable bonds is 3. The highest BCUT2D eigenvalue weighted by Gasteiger charge is 1.81. The van der Waals surface area contributed by atoms with Gasteiger partial charge in [0, 0.05) is 0 Å². The van der Waals surface area contributed by atoms with Gasteiger partial charge in [-0.2, -0.15) is 0 Å². The molecule has 0 saturated heterocycles. The van der Waals surface area contributed by atoms with Gasteiger partial charge in [0.15, 0.2) is 0 Å². The van der Waals surface area contributed by atoms with E-state index in [0.717, 1.165) is 19.3 Å². The van der Waals surface area contributed by atoms with E-state index in [4.69, 9.17) is 23.2 Å². The van der Waals surface area contributed by atoms with E-state index in [0.29, 0.717) is 4.49 Å². The second kappa shape index (κ2) is 5.46. The number of hydrogen-bond acceptors (Lipinski definition) is 0. The minimum absolute atomic E-state index is 0.360. The Morgan fingerprint density at radius 3 is 2.50 bits per heavy atom. The standard InChI is InChI=1S/C6H9Cl2/c1-2-3-4-5-6(7)8/h5H,1-4H2. The molecule has 47 valence electrons. The summed E-state index contributed by atoms with van der Waals surface area (Å²) in [6.07, 6.45) is 4.72. The van der Waals surface area contributed by atoms with E-state index < -0.39 is 0 Å². The number of halogens is 2. The highest BCUT2D eigenvalue weighted by molar-refractivity contribution is 6.55. The molecule has 2 heteroatoms. The van der Waals surface area contributed by atoms with Crippen molar-refractivity contribution < 1.29 is 0 Å². The van der Waals surface area contributed by atoms with Crippen molar-refractivity contribution in [3.05, 3.63) is 17.5 Å². The zero-order valence-electron chi connectivity index (χ0n) is 4.66. The Balaban J connectivity index is 3.03. The number of allylic oxidation sites excluding steroid dienone is 1. The summed E-state index contributed by atoms with van der Waals surface area (Å²) in [5, 5.41) is 0. The fraction of sp³-hybridized carbons (Fsp3) is 0.500. The van der Waals surface area contributed by atoms with E-state index in [2.05, 4.69) is 6.92 Å². The third-order valence-corrected chi connectivity index (χ3v) is 1.06. The van der Waals surface area contributed by atoms with Crippen LogP contribution in [0.25, 0.3) is 0 Å². The van der Waals surface area contributed by atoms with Crippen LogP contribution in [-0.4, -0.2) is 0 Å². The quantitative estimate of drug-likeness (QED) is 0.544. The van der Waals surface area contributed by atoms with E-state index in [1.807, 2.05) is 0 Å². The second-order valence-electron chi connectivity index (χ2n) is 1.49. The molecular formula is C6H9Cl2. The number of hydrogen-bond donors (Lipinski definition) is 0. The minimum atomic E-state index is 0.360. The van der Waals surface area contributed by atoms with Gasteiger partial charge in [-0.3, -0.25) is 0 Å². The Morgan fingerprint density at radius 1 is 1.50 bits per heavy atom. The minimum Gasteiger partial charge on any atom is -0.0713 e. The summed E-state index contributed by atoms with van der Waals surface area (Å²) in [7, 11) is 0. The van der Waals surface area contributed by atoms with Crippen LogP contribution in [0.15, 0.2) is 10.6 Å². The van der Waals surface area contributed by atoms with Crippen LogP contribution in [0.3, 0.4) is 0 Å². The SMILES string of the molecule is [CH2]CCCC=C(Cl)Cl. The molecule has 0 N–H and O–H groups in total. The summed E-state index contributed by atoms with van der Waals surface area (Å²) in [6.45, 7) is 3.67. The summed E-state index contributed by atoms with van der Waals surface area (Å²) in [6, 6.07) is 0. The van der Waals surface area contributed by atoms with Gasteiger partial charge in [0.2, 0.25) is 0 Å². The largest absolute Gasteiger partial charge is 0.102 e. The maximum Gasteiger partial charge on any atom is 0.102 e. The molecule has 0 spiro atoms. The van der Waals surface area contributed by atoms with Crippen molar-refractivity contribution in [2.75, 3.05) is 0 Å². The summed E-state index contributed by atoms with van der Waals surface area (Å²) < 4.78 is 0.360. The molecule has 0 bridgehead atoms. The molecule has 0 aromatic carbocycles. The molecule has 0 aromatic heterocycles. The van der Waals surface area contributed by atoms with Crippen LogP contribution in [-0.2, 0) is 0 Å². The third kappa shape index (κ3) is 6.32. The number of unbranched alkanes of at least 4 members (excludes halogenated alkanes) is 2. The van der Waals surface area contributed by atoms with Crippen molar-refractivity contribution >= 4 is 23.2 Å². The van der Waals surface area contributed by atoms with Crippen molar-refractivity contribution in [1.29, 1.82) is 0 Å². The molecule has 0 aliphatic carbocycles. The predicted octanol–water partition coefficient (Wildman–Crippen LogP) is 3.31. The van der Waals surface area contributed by atoms with Crippen molar-refractivity contribution in [3.63, 3.8) is 0 Å². The van der Waals surface area contributed by atoms with Gasteiger partial charge in [0.05, 0.1) is 0 Å². The van der Waals surface area contributed by atoms with Crippen LogP contribution >= 0.6 is 23.2 Å². The molecule has 0 heterocycles. The monoisotopic (exact) mass is 151 g/mol. The van der Waals surface area contributed by atoms with Gasteiger partial charge in [-0.25, -0.2) is 0 Å². The molecule has 0 amide bonds. The van der Waals surface area contributed by atoms with Crippen LogP contribution in [0.1, 0.15) is 19.3 Å². The highest BCUT2D eigenvalue weighted by atomic mass is 35.5. The average molecular weight is 152 g/mol. The van der Waals surface area contributed by atoms with Crippen LogP contribution in [0, 0.1) is 6.92 Å². The van der Waals surface area contributed by atoms with E-state index in [1.54, 1.807) is 6.08 Å². The second-order valence-corrected chi connectivity index (χ2v) is 2.50. The topological polar surface area (TPSA) is 0 Å². The summed E-state index contributed by atoms with van der Waals surface area (Å²) >= 11 is 10.6. The first-order valence-corrected chi connectivity index (χ1v) is 3.33. The summed E-state index contributed by atoms with van der Waals surface area (Å²) in [4.78, 5) is 0. The van der Waals surface area contributed by atoms with Crippen LogP contribution in [0.5, 0.6) is 0 Å². The molecule has 0 unspecified atom stereocenters. The molecular weight excluding hydrogens is 143 g/mol. The van der Waals surface area contributed by atoms with Crippen LogP contribution in [0.4, 0.5) is 0 Å². The van der Waals surface area contributed by atoms with Gasteiger partial charge in [-0.15, -0.1) is 0 Å². The fourth-order valence-electron chi connectivity index (χ4n) is 0.356. The van der Waals surface area contributed by atoms with Crippen molar-refractivity contribution in [1.82, 2.24) is 0 Å². The smallest absolute Gasteiger partial charge is 0.0713 e. The van der Waals surface area contributed by atoms with Gasteiger partial charge in [0.1, 0.15) is 4.49 Å². The van der Waals surface area contributed by atoms with Crippen LogP contribution in [0.2, 0.25) is 0 Å². The van der Waals surface area contributed by atoms with E-state index in [9.17, 15) is 0 Å². The summed E-state index contributed by atoms with van der Waals surface area (Å²) in [5.74, 6) is 0. The lowest BCUT2D eigenvalue weighted by molar-refractivity contribution is 0.866. The molecule has 8 heavy (non-hydrogen) atoms. The molecule has 0 fully saturated rings. The first-order chi connectivity index (χ1) is 3.77. The average Bonchev–Trinajstić information content (AvgIpc) is 1.66. The highest BCUT2D eigenvalue weighted by Crippen LogP contribution is 2.08. The summed E-state index contributed by atoms with van der Waals surface area (Å²) in [5.41, 5.74) is 0. The predicted molar refractivity (Wildman–Crippen MR) is 39.0 cm³/mol. The van der Waals surface area contributed by atoms with Gasteiger partial charge in [0.25, 0.3) is 0 Å². The Kier molecular flexibility index (Phi) is 5.67. The molecule has 0 rings (SSSR count). The zero-order chi connectivity index (χ0) is 6.41. The molecule has 0 aliphatic rings. The first-order valence-electron chi connectivity index (χ1n) is 2.57. The first kappa shape index (κ1) is 8.32. The van der Waals surface area contributed by atoms with Crippen LogP contribution < -0.4 is 0 Å². The van der Waals surface area contributed by atoms with E-state index in [1.165, 1.54) is 0 Å². The van der Waals surface area contributed by atoms with Gasteiger partial charge in [-0.1, -0.05) is 42.6 Å². The van der Waals surface area contributed by atoms with Gasteiger partial charge in [-0.05, 0) is 12.8 Å². The Bertz CT molecular complexity index is 72.6. The lowest BCUT2D eigenvalue weighted by Gasteiger charge is -1.86. The lowest BCUT2D eigenvalue weighted by atomic mass is 10.2. The van der Waals surface area contributed by atoms with Crippen molar-refractivity contribution in [3.8, 4) is 0 Å². The molecule has 0 aliphatic heterocycles. The molecule has 0 saturated carbocycles. The Labute approximate surface area is 60.5 Å². The Hall–Kier alpha value is 0.320. The Morgan fingerprint density at radius 2 is 2.12 bits per heavy atom. The maximum absolute atomic E-state index is 5.32.